The largest absolute Gasteiger partial charge is 0.508 e. The molecule has 94 valence electrons. The standard InChI is InChI=1S/C13H13ClN2O2/c1-18-10-6-12(14)16-13(7-10)15-8-9-4-2-3-5-11(9)17/h2-7,17H,8H2,1H3,(H,15,16). The fraction of sp³-hybridized carbons (Fsp3) is 0.154. The van der Waals surface area contributed by atoms with Crippen molar-refractivity contribution < 1.29 is 9.84 Å². The molecule has 2 aromatic rings. The normalized spacial score (nSPS) is 10.1. The molecule has 0 unspecified atom stereocenters. The smallest absolute Gasteiger partial charge is 0.135 e. The second kappa shape index (κ2) is 5.60. The van der Waals surface area contributed by atoms with Gasteiger partial charge in [-0.2, -0.15) is 0 Å². The number of hydrogen-bond acceptors (Lipinski definition) is 4. The molecule has 0 bridgehead atoms. The summed E-state index contributed by atoms with van der Waals surface area (Å²) in [6, 6.07) is 10.5. The van der Waals surface area contributed by atoms with E-state index in [9.17, 15) is 5.11 Å². The number of methoxy groups -OCH3 is 1. The zero-order chi connectivity index (χ0) is 13.0. The molecule has 0 saturated carbocycles. The van der Waals surface area contributed by atoms with Crippen molar-refractivity contribution in [1.82, 2.24) is 4.98 Å². The first-order chi connectivity index (χ1) is 8.69. The topological polar surface area (TPSA) is 54.4 Å². The molecule has 0 saturated heterocycles. The van der Waals surface area contributed by atoms with Gasteiger partial charge in [-0.1, -0.05) is 29.8 Å². The number of pyridine rings is 1. The fourth-order valence-corrected chi connectivity index (χ4v) is 1.73. The van der Waals surface area contributed by atoms with Gasteiger partial charge >= 0.3 is 0 Å². The molecule has 5 heteroatoms. The van der Waals surface area contributed by atoms with Crippen LogP contribution in [0.3, 0.4) is 0 Å². The van der Waals surface area contributed by atoms with E-state index in [1.165, 1.54) is 0 Å². The number of benzene rings is 1. The van der Waals surface area contributed by atoms with Crippen LogP contribution in [-0.2, 0) is 6.54 Å². The van der Waals surface area contributed by atoms with E-state index in [1.807, 2.05) is 12.1 Å². The number of rotatable bonds is 4. The third-order valence-corrected chi connectivity index (χ3v) is 2.65. The van der Waals surface area contributed by atoms with Gasteiger partial charge in [-0.05, 0) is 6.07 Å². The molecule has 0 fully saturated rings. The van der Waals surface area contributed by atoms with E-state index >= 15 is 0 Å². The summed E-state index contributed by atoms with van der Waals surface area (Å²) in [5.41, 5.74) is 0.790. The molecule has 0 spiro atoms. The van der Waals surface area contributed by atoms with Gasteiger partial charge in [0, 0.05) is 24.2 Å². The summed E-state index contributed by atoms with van der Waals surface area (Å²) < 4.78 is 5.10. The molecule has 0 aliphatic rings. The van der Waals surface area contributed by atoms with E-state index in [0.29, 0.717) is 23.3 Å². The van der Waals surface area contributed by atoms with Gasteiger partial charge in [0.2, 0.25) is 0 Å². The average Bonchev–Trinajstić information content (AvgIpc) is 2.37. The summed E-state index contributed by atoms with van der Waals surface area (Å²) in [4.78, 5) is 4.12. The second-order valence-corrected chi connectivity index (χ2v) is 4.08. The van der Waals surface area contributed by atoms with Crippen molar-refractivity contribution in [1.29, 1.82) is 0 Å². The first-order valence-electron chi connectivity index (χ1n) is 5.41. The maximum Gasteiger partial charge on any atom is 0.135 e. The zero-order valence-electron chi connectivity index (χ0n) is 9.85. The van der Waals surface area contributed by atoms with Crippen LogP contribution in [0.25, 0.3) is 0 Å². The molecule has 1 heterocycles. The number of phenolic OH excluding ortho intramolecular Hbond substituents is 1. The van der Waals surface area contributed by atoms with Crippen LogP contribution in [0.15, 0.2) is 36.4 Å². The number of aromatic hydroxyl groups is 1. The van der Waals surface area contributed by atoms with Gasteiger partial charge in [-0.3, -0.25) is 0 Å². The van der Waals surface area contributed by atoms with Gasteiger partial charge in [0.25, 0.3) is 0 Å². The summed E-state index contributed by atoms with van der Waals surface area (Å²) in [7, 11) is 1.57. The highest BCUT2D eigenvalue weighted by Crippen LogP contribution is 2.22. The minimum absolute atomic E-state index is 0.249. The van der Waals surface area contributed by atoms with Crippen LogP contribution >= 0.6 is 11.6 Å². The van der Waals surface area contributed by atoms with Crippen molar-refractivity contribution in [2.24, 2.45) is 0 Å². The Hall–Kier alpha value is -1.94. The van der Waals surface area contributed by atoms with Crippen LogP contribution in [0.1, 0.15) is 5.56 Å². The molecule has 0 atom stereocenters. The number of nitrogens with one attached hydrogen (secondary N) is 1. The van der Waals surface area contributed by atoms with Crippen LogP contribution in [0.4, 0.5) is 5.82 Å². The van der Waals surface area contributed by atoms with E-state index in [1.54, 1.807) is 31.4 Å². The lowest BCUT2D eigenvalue weighted by Crippen LogP contribution is -2.02. The molecule has 0 radical (unpaired) electrons. The number of nitrogens with zero attached hydrogens (tertiary/aromatic N) is 1. The monoisotopic (exact) mass is 264 g/mol. The Morgan fingerprint density at radius 1 is 1.33 bits per heavy atom. The third-order valence-electron chi connectivity index (χ3n) is 2.45. The predicted octanol–water partition coefficient (Wildman–Crippen LogP) is 3.06. The summed E-state index contributed by atoms with van der Waals surface area (Å²) in [6.45, 7) is 0.461. The van der Waals surface area contributed by atoms with Crippen LogP contribution in [0, 0.1) is 0 Å². The van der Waals surface area contributed by atoms with Crippen molar-refractivity contribution in [2.45, 2.75) is 6.54 Å². The molecule has 1 aromatic carbocycles. The number of para-hydroxylation sites is 1. The average molecular weight is 265 g/mol. The molecule has 0 aliphatic carbocycles. The van der Waals surface area contributed by atoms with Crippen molar-refractivity contribution in [3.8, 4) is 11.5 Å². The third kappa shape index (κ3) is 3.05. The van der Waals surface area contributed by atoms with Crippen LogP contribution < -0.4 is 10.1 Å². The van der Waals surface area contributed by atoms with E-state index < -0.39 is 0 Å². The Morgan fingerprint density at radius 2 is 2.11 bits per heavy atom. The minimum Gasteiger partial charge on any atom is -0.508 e. The Kier molecular flexibility index (Phi) is 3.89. The molecule has 2 N–H and O–H groups in total. The summed E-state index contributed by atoms with van der Waals surface area (Å²) in [6.07, 6.45) is 0. The van der Waals surface area contributed by atoms with Crippen molar-refractivity contribution in [3.63, 3.8) is 0 Å². The number of phenols is 1. The molecular formula is C13H13ClN2O2. The van der Waals surface area contributed by atoms with Gasteiger partial charge in [0.1, 0.15) is 22.5 Å². The van der Waals surface area contributed by atoms with Crippen molar-refractivity contribution in [2.75, 3.05) is 12.4 Å². The summed E-state index contributed by atoms with van der Waals surface area (Å²) >= 11 is 5.86. The molecule has 4 nitrogen and oxygen atoms in total. The van der Waals surface area contributed by atoms with Gasteiger partial charge < -0.3 is 15.2 Å². The van der Waals surface area contributed by atoms with Gasteiger partial charge in [-0.15, -0.1) is 0 Å². The lowest BCUT2D eigenvalue weighted by Gasteiger charge is -2.09. The van der Waals surface area contributed by atoms with Crippen molar-refractivity contribution >= 4 is 17.4 Å². The molecule has 1 aromatic heterocycles. The SMILES string of the molecule is COc1cc(Cl)nc(NCc2ccccc2O)c1. The Balaban J connectivity index is 2.11. The highest BCUT2D eigenvalue weighted by molar-refractivity contribution is 6.29. The van der Waals surface area contributed by atoms with E-state index in [4.69, 9.17) is 16.3 Å². The van der Waals surface area contributed by atoms with Gasteiger partial charge in [-0.25, -0.2) is 4.98 Å². The highest BCUT2D eigenvalue weighted by Gasteiger charge is 2.03. The summed E-state index contributed by atoms with van der Waals surface area (Å²) in [5, 5.41) is 13.1. The first kappa shape index (κ1) is 12.5. The second-order valence-electron chi connectivity index (χ2n) is 3.70. The number of hydrogen-bond donors (Lipinski definition) is 2. The van der Waals surface area contributed by atoms with Crippen LogP contribution in [0.2, 0.25) is 5.15 Å². The molecule has 0 aliphatic heterocycles. The van der Waals surface area contributed by atoms with E-state index in [-0.39, 0.29) is 5.75 Å². The summed E-state index contributed by atoms with van der Waals surface area (Å²) in [5.74, 6) is 1.48. The predicted molar refractivity (Wildman–Crippen MR) is 71.2 cm³/mol. The highest BCUT2D eigenvalue weighted by atomic mass is 35.5. The number of anilines is 1. The lowest BCUT2D eigenvalue weighted by molar-refractivity contribution is 0.414. The zero-order valence-corrected chi connectivity index (χ0v) is 10.6. The number of halogens is 1. The Morgan fingerprint density at radius 3 is 2.83 bits per heavy atom. The van der Waals surface area contributed by atoms with E-state index in [2.05, 4.69) is 10.3 Å². The van der Waals surface area contributed by atoms with Crippen LogP contribution in [0.5, 0.6) is 11.5 Å². The Labute approximate surface area is 110 Å². The lowest BCUT2D eigenvalue weighted by atomic mass is 10.2. The fourth-order valence-electron chi connectivity index (χ4n) is 1.53. The maximum atomic E-state index is 9.63. The van der Waals surface area contributed by atoms with Crippen LogP contribution in [-0.4, -0.2) is 17.2 Å². The minimum atomic E-state index is 0.249. The maximum absolute atomic E-state index is 9.63. The van der Waals surface area contributed by atoms with Crippen molar-refractivity contribution in [3.05, 3.63) is 47.1 Å². The molecular weight excluding hydrogens is 252 g/mol. The number of ether oxygens (including phenoxy) is 1. The first-order valence-corrected chi connectivity index (χ1v) is 5.79. The quantitative estimate of drug-likeness (QED) is 0.834. The Bertz CT molecular complexity index is 546. The molecule has 2 rings (SSSR count). The van der Waals surface area contributed by atoms with E-state index in [0.717, 1.165) is 5.56 Å². The van der Waals surface area contributed by atoms with Gasteiger partial charge in [0.05, 0.1) is 7.11 Å². The number of aromatic nitrogens is 1. The molecule has 18 heavy (non-hydrogen) atoms. The molecule has 0 amide bonds. The van der Waals surface area contributed by atoms with Gasteiger partial charge in [0.15, 0.2) is 0 Å².